The number of nitrogens with one attached hydrogen (secondary N) is 1. The summed E-state index contributed by atoms with van der Waals surface area (Å²) in [5.74, 6) is -0.274. The van der Waals surface area contributed by atoms with Gasteiger partial charge in [0.05, 0.1) is 11.8 Å². The molecule has 120 valence electrons. The molecule has 0 heterocycles. The molecule has 0 aliphatic heterocycles. The van der Waals surface area contributed by atoms with Crippen LogP contribution in [-0.4, -0.2) is 23.0 Å². The highest BCUT2D eigenvalue weighted by Gasteiger charge is 2.32. The zero-order valence-corrected chi connectivity index (χ0v) is 13.3. The van der Waals surface area contributed by atoms with Crippen molar-refractivity contribution in [2.75, 3.05) is 0 Å². The minimum absolute atomic E-state index is 0.0502. The Balaban J connectivity index is 1.90. The SMILES string of the molecule is CC1(C)CC(=O)C(/C=N/NC(=O)CC2=CCCCC2)=C(O)C1. The van der Waals surface area contributed by atoms with Crippen LogP contribution in [0.2, 0.25) is 0 Å². The highest BCUT2D eigenvalue weighted by molar-refractivity contribution is 6.14. The quantitative estimate of drug-likeness (QED) is 0.475. The summed E-state index contributed by atoms with van der Waals surface area (Å²) in [6, 6.07) is 0. The van der Waals surface area contributed by atoms with Crippen LogP contribution in [0, 0.1) is 5.41 Å². The maximum atomic E-state index is 12.0. The van der Waals surface area contributed by atoms with Crippen molar-refractivity contribution in [1.29, 1.82) is 0 Å². The highest BCUT2D eigenvalue weighted by atomic mass is 16.3. The Hall–Kier alpha value is -1.91. The van der Waals surface area contributed by atoms with Crippen LogP contribution in [0.25, 0.3) is 0 Å². The van der Waals surface area contributed by atoms with Crippen LogP contribution < -0.4 is 5.43 Å². The minimum Gasteiger partial charge on any atom is -0.511 e. The number of aliphatic hydroxyl groups is 1. The largest absolute Gasteiger partial charge is 0.511 e. The van der Waals surface area contributed by atoms with Crippen LogP contribution in [0.15, 0.2) is 28.1 Å². The number of ketones is 1. The number of amides is 1. The van der Waals surface area contributed by atoms with Gasteiger partial charge in [0, 0.05) is 19.3 Å². The Morgan fingerprint density at radius 3 is 2.82 bits per heavy atom. The molecule has 0 aromatic heterocycles. The number of Topliss-reactive ketones (excluding diaryl/α,β-unsaturated/α-hetero) is 1. The Kier molecular flexibility index (Phi) is 5.16. The molecule has 0 spiro atoms. The van der Waals surface area contributed by atoms with Crippen molar-refractivity contribution in [2.24, 2.45) is 10.5 Å². The molecule has 2 aliphatic carbocycles. The van der Waals surface area contributed by atoms with E-state index in [-0.39, 0.29) is 28.4 Å². The number of nitrogens with zero attached hydrogens (tertiary/aromatic N) is 1. The standard InChI is InChI=1S/C17H24N2O3/c1-17(2)9-14(20)13(15(21)10-17)11-18-19-16(22)8-12-6-4-3-5-7-12/h6,11,20H,3-5,7-10H2,1-2H3,(H,19,22)/b18-11+. The zero-order valence-electron chi connectivity index (χ0n) is 13.3. The van der Waals surface area contributed by atoms with Crippen LogP contribution in [0.4, 0.5) is 0 Å². The van der Waals surface area contributed by atoms with E-state index in [1.54, 1.807) is 0 Å². The summed E-state index contributed by atoms with van der Waals surface area (Å²) in [6.07, 6.45) is 8.88. The van der Waals surface area contributed by atoms with E-state index in [0.29, 0.717) is 19.3 Å². The molecule has 2 N–H and O–H groups in total. The number of carbonyl (C=O) groups is 2. The van der Waals surface area contributed by atoms with E-state index in [9.17, 15) is 14.7 Å². The van der Waals surface area contributed by atoms with E-state index in [1.807, 2.05) is 13.8 Å². The second kappa shape index (κ2) is 6.90. The number of rotatable bonds is 4. The van der Waals surface area contributed by atoms with Gasteiger partial charge in [0.15, 0.2) is 5.78 Å². The lowest BCUT2D eigenvalue weighted by molar-refractivity contribution is -0.120. The van der Waals surface area contributed by atoms with E-state index in [4.69, 9.17) is 0 Å². The molecule has 22 heavy (non-hydrogen) atoms. The van der Waals surface area contributed by atoms with Gasteiger partial charge in [-0.05, 0) is 31.1 Å². The molecule has 0 radical (unpaired) electrons. The van der Waals surface area contributed by atoms with Crippen molar-refractivity contribution in [2.45, 2.75) is 58.8 Å². The van der Waals surface area contributed by atoms with Crippen molar-refractivity contribution < 1.29 is 14.7 Å². The average Bonchev–Trinajstić information content (AvgIpc) is 2.42. The van der Waals surface area contributed by atoms with E-state index >= 15 is 0 Å². The van der Waals surface area contributed by atoms with Crippen LogP contribution in [-0.2, 0) is 9.59 Å². The maximum Gasteiger partial charge on any atom is 0.244 e. The first-order chi connectivity index (χ1) is 10.4. The third-order valence-electron chi connectivity index (χ3n) is 4.05. The molecule has 0 atom stereocenters. The Morgan fingerprint density at radius 1 is 1.41 bits per heavy atom. The number of aliphatic hydroxyl groups excluding tert-OH is 1. The first kappa shape index (κ1) is 16.5. The Labute approximate surface area is 131 Å². The Bertz CT molecular complexity index is 556. The number of hydrazone groups is 1. The molecule has 5 nitrogen and oxygen atoms in total. The van der Waals surface area contributed by atoms with E-state index in [1.165, 1.54) is 12.6 Å². The van der Waals surface area contributed by atoms with Gasteiger partial charge in [0.25, 0.3) is 0 Å². The summed E-state index contributed by atoms with van der Waals surface area (Å²) in [5, 5.41) is 13.8. The summed E-state index contributed by atoms with van der Waals surface area (Å²) in [5.41, 5.74) is 3.56. The molecular weight excluding hydrogens is 280 g/mol. The molecule has 1 amide bonds. The molecule has 0 unspecified atom stereocenters. The predicted molar refractivity (Wildman–Crippen MR) is 85.5 cm³/mol. The summed E-state index contributed by atoms with van der Waals surface area (Å²) in [6.45, 7) is 3.88. The fourth-order valence-corrected chi connectivity index (χ4v) is 2.93. The van der Waals surface area contributed by atoms with Gasteiger partial charge in [0.1, 0.15) is 5.76 Å². The van der Waals surface area contributed by atoms with Crippen molar-refractivity contribution in [3.63, 3.8) is 0 Å². The van der Waals surface area contributed by atoms with Crippen molar-refractivity contribution in [3.8, 4) is 0 Å². The number of carbonyl (C=O) groups excluding carboxylic acids is 2. The number of hydrogen-bond donors (Lipinski definition) is 2. The summed E-state index contributed by atoms with van der Waals surface area (Å²) < 4.78 is 0. The van der Waals surface area contributed by atoms with Crippen LogP contribution >= 0.6 is 0 Å². The molecular formula is C17H24N2O3. The van der Waals surface area contributed by atoms with E-state index in [0.717, 1.165) is 24.8 Å². The molecule has 2 aliphatic rings. The number of allylic oxidation sites excluding steroid dienone is 3. The summed E-state index contributed by atoms with van der Waals surface area (Å²) in [7, 11) is 0. The number of hydrogen-bond acceptors (Lipinski definition) is 4. The van der Waals surface area contributed by atoms with E-state index in [2.05, 4.69) is 16.6 Å². The normalized spacial score (nSPS) is 21.9. The van der Waals surface area contributed by atoms with Crippen LogP contribution in [0.3, 0.4) is 0 Å². The molecule has 0 saturated heterocycles. The van der Waals surface area contributed by atoms with E-state index < -0.39 is 0 Å². The minimum atomic E-state index is -0.227. The predicted octanol–water partition coefficient (Wildman–Crippen LogP) is 3.18. The van der Waals surface area contributed by atoms with Crippen molar-refractivity contribution in [3.05, 3.63) is 23.0 Å². The summed E-state index contributed by atoms with van der Waals surface area (Å²) >= 11 is 0. The second-order valence-corrected chi connectivity index (χ2v) is 6.88. The lowest BCUT2D eigenvalue weighted by Gasteiger charge is -2.28. The van der Waals surface area contributed by atoms with Gasteiger partial charge < -0.3 is 5.11 Å². The van der Waals surface area contributed by atoms with Crippen LogP contribution in [0.1, 0.15) is 58.8 Å². The lowest BCUT2D eigenvalue weighted by Crippen LogP contribution is -2.27. The monoisotopic (exact) mass is 304 g/mol. The first-order valence-corrected chi connectivity index (χ1v) is 7.82. The molecule has 0 fully saturated rings. The zero-order chi connectivity index (χ0) is 16.2. The van der Waals surface area contributed by atoms with Gasteiger partial charge >= 0.3 is 0 Å². The van der Waals surface area contributed by atoms with Gasteiger partial charge in [0.2, 0.25) is 5.91 Å². The molecule has 5 heteroatoms. The maximum absolute atomic E-state index is 12.0. The molecule has 2 rings (SSSR count). The van der Waals surface area contributed by atoms with Crippen molar-refractivity contribution >= 4 is 17.9 Å². The van der Waals surface area contributed by atoms with Gasteiger partial charge in [-0.3, -0.25) is 9.59 Å². The topological polar surface area (TPSA) is 78.8 Å². The fraction of sp³-hybridized carbons (Fsp3) is 0.588. The lowest BCUT2D eigenvalue weighted by atomic mass is 9.77. The van der Waals surface area contributed by atoms with Crippen molar-refractivity contribution in [1.82, 2.24) is 5.43 Å². The fourth-order valence-electron chi connectivity index (χ4n) is 2.93. The smallest absolute Gasteiger partial charge is 0.244 e. The Morgan fingerprint density at radius 2 is 2.18 bits per heavy atom. The average molecular weight is 304 g/mol. The van der Waals surface area contributed by atoms with Gasteiger partial charge in [-0.1, -0.05) is 25.5 Å². The highest BCUT2D eigenvalue weighted by Crippen LogP contribution is 2.35. The second-order valence-electron chi connectivity index (χ2n) is 6.88. The van der Waals surface area contributed by atoms with Gasteiger partial charge in [-0.15, -0.1) is 0 Å². The molecule has 0 saturated carbocycles. The molecule has 0 aromatic carbocycles. The molecule has 0 aromatic rings. The first-order valence-electron chi connectivity index (χ1n) is 7.82. The summed E-state index contributed by atoms with van der Waals surface area (Å²) in [4.78, 5) is 23.8. The van der Waals surface area contributed by atoms with Gasteiger partial charge in [-0.2, -0.15) is 5.10 Å². The third-order valence-corrected chi connectivity index (χ3v) is 4.05. The van der Waals surface area contributed by atoms with Gasteiger partial charge in [-0.25, -0.2) is 5.43 Å². The third kappa shape index (κ3) is 4.55. The molecule has 0 bridgehead atoms. The van der Waals surface area contributed by atoms with Crippen LogP contribution in [0.5, 0.6) is 0 Å².